The number of guanidine groups is 1. The van der Waals surface area contributed by atoms with Crippen LogP contribution in [0.2, 0.25) is 0 Å². The number of carbonyl (C=O) groups excluding carboxylic acids is 1. The third kappa shape index (κ3) is 7.78. The van der Waals surface area contributed by atoms with Crippen molar-refractivity contribution in [1.82, 2.24) is 15.6 Å². The van der Waals surface area contributed by atoms with Gasteiger partial charge < -0.3 is 16.0 Å². The van der Waals surface area contributed by atoms with E-state index in [9.17, 15) is 4.79 Å². The number of benzene rings is 1. The van der Waals surface area contributed by atoms with E-state index in [0.29, 0.717) is 18.9 Å². The Morgan fingerprint density at radius 2 is 2.07 bits per heavy atom. The van der Waals surface area contributed by atoms with E-state index in [2.05, 4.69) is 41.9 Å². The zero-order valence-corrected chi connectivity index (χ0v) is 17.3. The molecule has 0 bridgehead atoms. The average molecular weight is 432 g/mol. The third-order valence-corrected chi connectivity index (χ3v) is 4.31. The monoisotopic (exact) mass is 431 g/mol. The van der Waals surface area contributed by atoms with Crippen LogP contribution in [0, 0.1) is 6.92 Å². The molecule has 0 radical (unpaired) electrons. The second-order valence-electron chi connectivity index (χ2n) is 6.02. The number of nitrogens with zero attached hydrogens (tertiary/aromatic N) is 2. The first-order valence-corrected chi connectivity index (χ1v) is 9.86. The van der Waals surface area contributed by atoms with Crippen LogP contribution in [0.3, 0.4) is 0 Å². The number of amides is 1. The maximum Gasteiger partial charge on any atom is 0.226 e. The van der Waals surface area contributed by atoms with E-state index in [4.69, 9.17) is 0 Å². The van der Waals surface area contributed by atoms with Gasteiger partial charge >= 0.3 is 0 Å². The Hall–Kier alpha value is -2.41. The van der Waals surface area contributed by atoms with Gasteiger partial charge in [-0.25, -0.2) is 0 Å². The van der Waals surface area contributed by atoms with Gasteiger partial charge in [-0.3, -0.25) is 14.8 Å². The Kier molecular flexibility index (Phi) is 8.77. The van der Waals surface area contributed by atoms with Gasteiger partial charge in [0.15, 0.2) is 5.96 Å². The predicted molar refractivity (Wildman–Crippen MR) is 114 cm³/mol. The summed E-state index contributed by atoms with van der Waals surface area (Å²) in [6.45, 7) is 5.89. The Morgan fingerprint density at radius 3 is 2.78 bits per heavy atom. The third-order valence-electron chi connectivity index (χ3n) is 3.82. The van der Waals surface area contributed by atoms with Crippen molar-refractivity contribution in [1.29, 1.82) is 0 Å². The van der Waals surface area contributed by atoms with Gasteiger partial charge in [-0.2, -0.15) is 0 Å². The molecule has 27 heavy (non-hydrogen) atoms. The summed E-state index contributed by atoms with van der Waals surface area (Å²) in [6, 6.07) is 11.7. The van der Waals surface area contributed by atoms with Crippen molar-refractivity contribution in [3.8, 4) is 0 Å². The van der Waals surface area contributed by atoms with Crippen LogP contribution in [0.1, 0.15) is 24.6 Å². The fourth-order valence-electron chi connectivity index (χ4n) is 2.45. The molecule has 0 aliphatic heterocycles. The number of carbonyl (C=O) groups is 1. The number of halogens is 1. The number of rotatable bonds is 8. The lowest BCUT2D eigenvalue weighted by Gasteiger charge is -2.11. The summed E-state index contributed by atoms with van der Waals surface area (Å²) < 4.78 is 0.995. The summed E-state index contributed by atoms with van der Waals surface area (Å²) in [6.07, 6.45) is 2.93. The fraction of sp³-hybridized carbons (Fsp3) is 0.350. The molecule has 6 nitrogen and oxygen atoms in total. The molecular weight excluding hydrogens is 406 g/mol. The first-order chi connectivity index (χ1) is 13.1. The summed E-state index contributed by atoms with van der Waals surface area (Å²) in [4.78, 5) is 20.9. The molecule has 0 aliphatic rings. The molecule has 3 N–H and O–H groups in total. The van der Waals surface area contributed by atoms with Crippen molar-refractivity contribution in [2.24, 2.45) is 4.99 Å². The molecule has 1 heterocycles. The van der Waals surface area contributed by atoms with E-state index >= 15 is 0 Å². The van der Waals surface area contributed by atoms with E-state index in [1.807, 2.05) is 50.2 Å². The summed E-state index contributed by atoms with van der Waals surface area (Å²) >= 11 is 3.42. The van der Waals surface area contributed by atoms with Crippen LogP contribution in [0.25, 0.3) is 0 Å². The molecule has 0 unspecified atom stereocenters. The summed E-state index contributed by atoms with van der Waals surface area (Å²) in [5.41, 5.74) is 2.88. The van der Waals surface area contributed by atoms with Crippen molar-refractivity contribution < 1.29 is 4.79 Å². The Balaban J connectivity index is 1.78. The second kappa shape index (κ2) is 11.3. The SMILES string of the molecule is CCNC(=NCCC(=O)Nc1ccc(Br)cc1C)NCCc1ccccn1. The molecule has 0 aliphatic carbocycles. The number of aryl methyl sites for hydroxylation is 1. The number of aromatic nitrogens is 1. The minimum atomic E-state index is -0.0477. The highest BCUT2D eigenvalue weighted by molar-refractivity contribution is 9.10. The van der Waals surface area contributed by atoms with Crippen LogP contribution >= 0.6 is 15.9 Å². The maximum atomic E-state index is 12.1. The van der Waals surface area contributed by atoms with Crippen molar-refractivity contribution in [3.05, 3.63) is 58.3 Å². The quantitative estimate of drug-likeness (QED) is 0.442. The van der Waals surface area contributed by atoms with Crippen LogP contribution in [-0.2, 0) is 11.2 Å². The Bertz CT molecular complexity index is 764. The van der Waals surface area contributed by atoms with Gasteiger partial charge in [0.1, 0.15) is 0 Å². The summed E-state index contributed by atoms with van der Waals surface area (Å²) in [5.74, 6) is 0.662. The topological polar surface area (TPSA) is 78.4 Å². The van der Waals surface area contributed by atoms with E-state index in [-0.39, 0.29) is 5.91 Å². The lowest BCUT2D eigenvalue weighted by molar-refractivity contribution is -0.116. The maximum absolute atomic E-state index is 12.1. The molecule has 2 rings (SSSR count). The first kappa shape index (κ1) is 20.9. The molecular formula is C20H26BrN5O. The molecule has 0 spiro atoms. The van der Waals surface area contributed by atoms with Crippen LogP contribution in [-0.4, -0.2) is 36.5 Å². The summed E-state index contributed by atoms with van der Waals surface area (Å²) in [5, 5.41) is 9.39. The zero-order valence-electron chi connectivity index (χ0n) is 15.8. The Morgan fingerprint density at radius 1 is 1.22 bits per heavy atom. The highest BCUT2D eigenvalue weighted by Crippen LogP contribution is 2.20. The van der Waals surface area contributed by atoms with Crippen molar-refractivity contribution in [2.45, 2.75) is 26.7 Å². The highest BCUT2D eigenvalue weighted by Gasteiger charge is 2.05. The molecule has 0 saturated carbocycles. The second-order valence-corrected chi connectivity index (χ2v) is 6.93. The summed E-state index contributed by atoms with van der Waals surface area (Å²) in [7, 11) is 0. The molecule has 2 aromatic rings. The predicted octanol–water partition coefficient (Wildman–Crippen LogP) is 3.28. The lowest BCUT2D eigenvalue weighted by Crippen LogP contribution is -2.38. The van der Waals surface area contributed by atoms with Gasteiger partial charge in [0, 0.05) is 48.0 Å². The molecule has 1 aromatic heterocycles. The smallest absolute Gasteiger partial charge is 0.226 e. The fourth-order valence-corrected chi connectivity index (χ4v) is 2.92. The normalized spacial score (nSPS) is 11.1. The lowest BCUT2D eigenvalue weighted by atomic mass is 10.2. The number of anilines is 1. The van der Waals surface area contributed by atoms with Crippen molar-refractivity contribution in [3.63, 3.8) is 0 Å². The largest absolute Gasteiger partial charge is 0.357 e. The van der Waals surface area contributed by atoms with Crippen molar-refractivity contribution in [2.75, 3.05) is 25.0 Å². The minimum absolute atomic E-state index is 0.0477. The molecule has 0 atom stereocenters. The van der Waals surface area contributed by atoms with Crippen LogP contribution in [0.15, 0.2) is 52.1 Å². The number of pyridine rings is 1. The van der Waals surface area contributed by atoms with Crippen LogP contribution in [0.5, 0.6) is 0 Å². The van der Waals surface area contributed by atoms with E-state index in [1.54, 1.807) is 6.20 Å². The molecule has 0 fully saturated rings. The molecule has 144 valence electrons. The van der Waals surface area contributed by atoms with E-state index in [0.717, 1.165) is 40.9 Å². The average Bonchev–Trinajstić information content (AvgIpc) is 2.65. The highest BCUT2D eigenvalue weighted by atomic mass is 79.9. The zero-order chi connectivity index (χ0) is 19.5. The van der Waals surface area contributed by atoms with Gasteiger partial charge in [0.25, 0.3) is 0 Å². The van der Waals surface area contributed by atoms with Gasteiger partial charge in [-0.05, 0) is 49.7 Å². The van der Waals surface area contributed by atoms with Crippen molar-refractivity contribution >= 4 is 33.5 Å². The number of hydrogen-bond acceptors (Lipinski definition) is 3. The molecule has 1 amide bonds. The molecule has 1 aromatic carbocycles. The van der Waals surface area contributed by atoms with E-state index in [1.165, 1.54) is 0 Å². The van der Waals surface area contributed by atoms with Gasteiger partial charge in [-0.1, -0.05) is 22.0 Å². The van der Waals surface area contributed by atoms with Crippen LogP contribution < -0.4 is 16.0 Å². The number of hydrogen-bond donors (Lipinski definition) is 3. The minimum Gasteiger partial charge on any atom is -0.357 e. The number of nitrogens with one attached hydrogen (secondary N) is 3. The van der Waals surface area contributed by atoms with Gasteiger partial charge in [0.05, 0.1) is 6.54 Å². The van der Waals surface area contributed by atoms with Gasteiger partial charge in [0.2, 0.25) is 5.91 Å². The standard InChI is InChI=1S/C20H26BrN5O/c1-3-22-20(24-12-9-17-6-4-5-11-23-17)25-13-10-19(27)26-18-8-7-16(21)14-15(18)2/h4-8,11,14H,3,9-10,12-13H2,1-2H3,(H,26,27)(H2,22,24,25). The molecule has 7 heteroatoms. The Labute approximate surface area is 169 Å². The van der Waals surface area contributed by atoms with E-state index < -0.39 is 0 Å². The van der Waals surface area contributed by atoms with Crippen LogP contribution in [0.4, 0.5) is 5.69 Å². The number of aliphatic imine (C=N–C) groups is 1. The molecule has 0 saturated heterocycles. The first-order valence-electron chi connectivity index (χ1n) is 9.06. The van der Waals surface area contributed by atoms with Gasteiger partial charge in [-0.15, -0.1) is 0 Å².